The van der Waals surface area contributed by atoms with Gasteiger partial charge >= 0.3 is 0 Å². The van der Waals surface area contributed by atoms with Crippen molar-refractivity contribution in [3.8, 4) is 5.75 Å². The Hall–Kier alpha value is -3.70. The van der Waals surface area contributed by atoms with Crippen LogP contribution in [0.5, 0.6) is 5.75 Å². The number of ether oxygens (including phenoxy) is 1. The molecular weight excluding hydrogens is 444 g/mol. The summed E-state index contributed by atoms with van der Waals surface area (Å²) in [6.45, 7) is 4.99. The first kappa shape index (κ1) is 26.6. The second kappa shape index (κ2) is 14.4. The zero-order chi connectivity index (χ0) is 24.8. The largest absolute Gasteiger partial charge is 0.491 e. The smallest absolute Gasteiger partial charge is 0.290 e. The Morgan fingerprint density at radius 2 is 1.94 bits per heavy atom. The van der Waals surface area contributed by atoms with Crippen LogP contribution in [0.1, 0.15) is 17.0 Å². The highest BCUT2D eigenvalue weighted by molar-refractivity contribution is 5.33. The molecule has 0 saturated carbocycles. The van der Waals surface area contributed by atoms with E-state index < -0.39 is 0 Å². The number of benzene rings is 1. The summed E-state index contributed by atoms with van der Waals surface area (Å²) in [4.78, 5) is 23.0. The number of likely N-dealkylation sites (tertiary alicyclic amines) is 1. The van der Waals surface area contributed by atoms with Crippen molar-refractivity contribution in [2.24, 2.45) is 5.92 Å². The average molecular weight is 475 g/mol. The number of carboxylic acid groups (broad SMARTS) is 2. The Morgan fingerprint density at radius 3 is 2.59 bits per heavy atom. The molecule has 1 saturated heterocycles. The zero-order valence-electron chi connectivity index (χ0n) is 18.9. The van der Waals surface area contributed by atoms with Gasteiger partial charge in [0.2, 0.25) is 0 Å². The normalized spacial score (nSPS) is 17.1. The Balaban J connectivity index is 0.000000618. The fourth-order valence-corrected chi connectivity index (χ4v) is 3.74. The van der Waals surface area contributed by atoms with Gasteiger partial charge in [-0.25, -0.2) is 4.98 Å². The van der Waals surface area contributed by atoms with Crippen LogP contribution in [-0.4, -0.2) is 73.7 Å². The highest BCUT2D eigenvalue weighted by Gasteiger charge is 2.32. The van der Waals surface area contributed by atoms with Crippen LogP contribution in [0.2, 0.25) is 0 Å². The molecule has 0 spiro atoms. The molecule has 1 fully saturated rings. The molecule has 1 aliphatic heterocycles. The summed E-state index contributed by atoms with van der Waals surface area (Å²) in [5.41, 5.74) is 2.01. The summed E-state index contributed by atoms with van der Waals surface area (Å²) in [6, 6.07) is 10.1. The van der Waals surface area contributed by atoms with Crippen LogP contribution in [0.15, 0.2) is 53.6 Å². The van der Waals surface area contributed by atoms with Crippen LogP contribution >= 0.6 is 0 Å². The molecule has 1 aliphatic rings. The van der Waals surface area contributed by atoms with E-state index in [-0.39, 0.29) is 25.0 Å². The van der Waals surface area contributed by atoms with Gasteiger partial charge in [0.1, 0.15) is 18.1 Å². The second-order valence-electron chi connectivity index (χ2n) is 7.63. The minimum Gasteiger partial charge on any atom is -0.491 e. The Morgan fingerprint density at radius 1 is 1.21 bits per heavy atom. The van der Waals surface area contributed by atoms with E-state index in [0.29, 0.717) is 19.6 Å². The number of hydrogen-bond donors (Lipinski definition) is 3. The molecular formula is C23H30N4O7. The summed E-state index contributed by atoms with van der Waals surface area (Å²) in [5.74, 6) is 1.89. The molecule has 11 heteroatoms. The highest BCUT2D eigenvalue weighted by atomic mass is 16.5. The van der Waals surface area contributed by atoms with Gasteiger partial charge < -0.3 is 29.1 Å². The van der Waals surface area contributed by atoms with Crippen molar-refractivity contribution in [1.29, 1.82) is 0 Å². The maximum atomic E-state index is 10.5. The van der Waals surface area contributed by atoms with Crippen LogP contribution in [0.4, 0.5) is 0 Å². The van der Waals surface area contributed by atoms with Gasteiger partial charge in [0, 0.05) is 56.0 Å². The van der Waals surface area contributed by atoms with E-state index in [2.05, 4.69) is 21.1 Å². The van der Waals surface area contributed by atoms with Crippen molar-refractivity contribution >= 4 is 12.9 Å². The van der Waals surface area contributed by atoms with Crippen LogP contribution in [0.25, 0.3) is 0 Å². The number of aromatic nitrogens is 3. The lowest BCUT2D eigenvalue weighted by atomic mass is 10.0. The molecule has 4 rings (SSSR count). The summed E-state index contributed by atoms with van der Waals surface area (Å²) in [5, 5.41) is 28.2. The quantitative estimate of drug-likeness (QED) is 0.411. The minimum atomic E-state index is -0.361. The minimum absolute atomic E-state index is 0.154. The van der Waals surface area contributed by atoms with Crippen molar-refractivity contribution in [1.82, 2.24) is 19.6 Å². The van der Waals surface area contributed by atoms with Gasteiger partial charge in [-0.2, -0.15) is 0 Å². The molecule has 3 aromatic rings. The van der Waals surface area contributed by atoms with Crippen molar-refractivity contribution in [3.63, 3.8) is 0 Å². The Bertz CT molecular complexity index is 971. The predicted octanol–water partition coefficient (Wildman–Crippen LogP) is 1.70. The number of rotatable bonds is 8. The number of carbonyl (C=O) groups is 2. The van der Waals surface area contributed by atoms with E-state index >= 15 is 0 Å². The van der Waals surface area contributed by atoms with Gasteiger partial charge in [0.05, 0.1) is 24.7 Å². The molecule has 0 amide bonds. The van der Waals surface area contributed by atoms with E-state index in [0.717, 1.165) is 42.4 Å². The average Bonchev–Trinajstić information content (AvgIpc) is 3.54. The van der Waals surface area contributed by atoms with E-state index in [1.807, 2.05) is 42.0 Å². The molecule has 1 aromatic carbocycles. The van der Waals surface area contributed by atoms with Gasteiger partial charge in [-0.1, -0.05) is 23.4 Å². The second-order valence-corrected chi connectivity index (χ2v) is 7.63. The number of aryl methyl sites for hydroxylation is 1. The lowest BCUT2D eigenvalue weighted by Gasteiger charge is -2.18. The third kappa shape index (κ3) is 8.68. The highest BCUT2D eigenvalue weighted by Crippen LogP contribution is 2.26. The first-order chi connectivity index (χ1) is 16.5. The number of β-amino-alcohol motifs (C(OH)–C–C–N with tert-alkyl or cyclic N) is 1. The summed E-state index contributed by atoms with van der Waals surface area (Å²) in [6.07, 6.45) is 5.83. The number of nitrogens with zero attached hydrogens (tertiary/aromatic N) is 4. The first-order valence-electron chi connectivity index (χ1n) is 10.7. The topological polar surface area (TPSA) is 151 Å². The summed E-state index contributed by atoms with van der Waals surface area (Å²) < 4.78 is 13.3. The SMILES string of the molecule is Cc1cc(C[C@@H]2CN(Cc3ccccc3OCCn3ccnc3)C[C@@H]2O)on1.O=CO.O=CO. The zero-order valence-corrected chi connectivity index (χ0v) is 18.9. The molecule has 34 heavy (non-hydrogen) atoms. The van der Waals surface area contributed by atoms with E-state index in [1.165, 1.54) is 0 Å². The van der Waals surface area contributed by atoms with Gasteiger partial charge in [0.25, 0.3) is 12.9 Å². The lowest BCUT2D eigenvalue weighted by Crippen LogP contribution is -2.22. The number of hydrogen-bond acceptors (Lipinski definition) is 8. The van der Waals surface area contributed by atoms with Crippen molar-refractivity contribution < 1.29 is 34.2 Å². The lowest BCUT2D eigenvalue weighted by molar-refractivity contribution is -0.123. The van der Waals surface area contributed by atoms with Crippen LogP contribution in [0, 0.1) is 12.8 Å². The Labute approximate surface area is 197 Å². The number of aliphatic hydroxyl groups excluding tert-OH is 1. The molecule has 11 nitrogen and oxygen atoms in total. The predicted molar refractivity (Wildman–Crippen MR) is 121 cm³/mol. The molecule has 0 unspecified atom stereocenters. The summed E-state index contributed by atoms with van der Waals surface area (Å²) >= 11 is 0. The van der Waals surface area contributed by atoms with Crippen molar-refractivity contribution in [2.45, 2.75) is 32.5 Å². The third-order valence-electron chi connectivity index (χ3n) is 5.16. The van der Waals surface area contributed by atoms with Crippen molar-refractivity contribution in [3.05, 3.63) is 66.1 Å². The molecule has 2 aromatic heterocycles. The summed E-state index contributed by atoms with van der Waals surface area (Å²) in [7, 11) is 0. The number of imidazole rings is 1. The number of para-hydroxylation sites is 1. The molecule has 184 valence electrons. The molecule has 3 heterocycles. The fourth-order valence-electron chi connectivity index (χ4n) is 3.74. The van der Waals surface area contributed by atoms with E-state index in [4.69, 9.17) is 29.1 Å². The molecule has 0 bridgehead atoms. The van der Waals surface area contributed by atoms with E-state index in [9.17, 15) is 5.11 Å². The number of aliphatic hydroxyl groups is 1. The fraction of sp³-hybridized carbons (Fsp3) is 0.391. The van der Waals surface area contributed by atoms with Crippen LogP contribution in [0.3, 0.4) is 0 Å². The van der Waals surface area contributed by atoms with Gasteiger partial charge in [-0.05, 0) is 13.0 Å². The van der Waals surface area contributed by atoms with Crippen LogP contribution < -0.4 is 4.74 Å². The molecule has 2 atom stereocenters. The van der Waals surface area contributed by atoms with Crippen LogP contribution in [-0.2, 0) is 29.1 Å². The van der Waals surface area contributed by atoms with E-state index in [1.54, 1.807) is 12.5 Å². The monoisotopic (exact) mass is 474 g/mol. The van der Waals surface area contributed by atoms with Gasteiger partial charge in [0.15, 0.2) is 0 Å². The Kier molecular flexibility index (Phi) is 11.3. The molecule has 3 N–H and O–H groups in total. The standard InChI is InChI=1S/C21H26N4O3.2CH2O2/c1-16-10-19(28-23-16)11-18-13-25(14-20(18)26)12-17-4-2-3-5-21(17)27-9-8-24-7-6-22-15-24;2*2-1-3/h2-7,10,15,18,20,26H,8-9,11-14H2,1H3;2*1H,(H,2,3)/t18-,20+;;/m1../s1. The first-order valence-corrected chi connectivity index (χ1v) is 10.7. The maximum absolute atomic E-state index is 10.5. The van der Waals surface area contributed by atoms with Crippen molar-refractivity contribution in [2.75, 3.05) is 19.7 Å². The molecule has 0 aliphatic carbocycles. The third-order valence-corrected chi connectivity index (χ3v) is 5.16. The molecule has 0 radical (unpaired) electrons. The maximum Gasteiger partial charge on any atom is 0.290 e. The van der Waals surface area contributed by atoms with Gasteiger partial charge in [-0.3, -0.25) is 14.5 Å². The van der Waals surface area contributed by atoms with Gasteiger partial charge in [-0.15, -0.1) is 0 Å².